The zero-order chi connectivity index (χ0) is 12.9. The van der Waals surface area contributed by atoms with Gasteiger partial charge in [-0.05, 0) is 19.1 Å². The number of nitrogens with two attached hydrogens (primary N) is 1. The minimum atomic E-state index is -0.555. The molecule has 1 rings (SSSR count). The van der Waals surface area contributed by atoms with Gasteiger partial charge in [-0.2, -0.15) is 11.8 Å². The second kappa shape index (κ2) is 6.59. The monoisotopic (exact) mass is 274 g/mol. The summed E-state index contributed by atoms with van der Waals surface area (Å²) >= 11 is 6.90. The van der Waals surface area contributed by atoms with Crippen LogP contribution >= 0.6 is 24.0 Å². The van der Waals surface area contributed by atoms with E-state index in [1.165, 1.54) is 6.42 Å². The zero-order valence-corrected chi connectivity index (χ0v) is 12.3. The number of thiocarbonyl (C=S) groups is 1. The van der Waals surface area contributed by atoms with Gasteiger partial charge in [-0.1, -0.05) is 31.5 Å². The number of carbonyl (C=O) groups is 1. The van der Waals surface area contributed by atoms with Gasteiger partial charge in [-0.15, -0.1) is 0 Å². The molecule has 0 saturated heterocycles. The van der Waals surface area contributed by atoms with Crippen molar-refractivity contribution >= 4 is 34.9 Å². The summed E-state index contributed by atoms with van der Waals surface area (Å²) in [6.45, 7) is 0.768. The fraction of sp³-hybridized carbons (Fsp3) is 0.833. The van der Waals surface area contributed by atoms with Crippen molar-refractivity contribution < 1.29 is 4.79 Å². The Morgan fingerprint density at radius 2 is 2.00 bits per heavy atom. The molecule has 3 nitrogen and oxygen atoms in total. The molecule has 1 aliphatic carbocycles. The van der Waals surface area contributed by atoms with E-state index in [1.807, 2.05) is 13.3 Å². The lowest BCUT2D eigenvalue weighted by Gasteiger charge is -2.37. The molecule has 0 unspecified atom stereocenters. The van der Waals surface area contributed by atoms with Crippen molar-refractivity contribution in [3.8, 4) is 0 Å². The summed E-state index contributed by atoms with van der Waals surface area (Å²) in [6.07, 6.45) is 6.99. The minimum Gasteiger partial charge on any atom is -0.392 e. The molecule has 0 radical (unpaired) electrons. The molecule has 0 bridgehead atoms. The summed E-state index contributed by atoms with van der Waals surface area (Å²) in [7, 11) is 1.85. The number of hydrogen-bond acceptors (Lipinski definition) is 3. The Hall–Kier alpha value is -0.290. The van der Waals surface area contributed by atoms with Gasteiger partial charge in [0, 0.05) is 19.3 Å². The van der Waals surface area contributed by atoms with Crippen LogP contribution in [-0.2, 0) is 4.79 Å². The molecule has 0 aromatic heterocycles. The maximum Gasteiger partial charge on any atom is 0.235 e. The third-order valence-corrected chi connectivity index (χ3v) is 4.55. The maximum atomic E-state index is 12.5. The first-order valence-corrected chi connectivity index (χ1v) is 7.89. The van der Waals surface area contributed by atoms with Crippen LogP contribution in [0.25, 0.3) is 0 Å². The van der Waals surface area contributed by atoms with Crippen molar-refractivity contribution in [1.29, 1.82) is 0 Å². The smallest absolute Gasteiger partial charge is 0.235 e. The van der Waals surface area contributed by atoms with E-state index in [-0.39, 0.29) is 5.91 Å². The van der Waals surface area contributed by atoms with Crippen molar-refractivity contribution in [2.24, 2.45) is 11.1 Å². The summed E-state index contributed by atoms with van der Waals surface area (Å²) in [4.78, 5) is 14.7. The van der Waals surface area contributed by atoms with Gasteiger partial charge >= 0.3 is 0 Å². The SMILES string of the molecule is CSCCN(C)C(=O)C1(C(N)=S)CCCCC1. The molecule has 0 atom stereocenters. The summed E-state index contributed by atoms with van der Waals surface area (Å²) in [5.41, 5.74) is 5.29. The van der Waals surface area contributed by atoms with Crippen LogP contribution in [0.1, 0.15) is 32.1 Å². The maximum absolute atomic E-state index is 12.5. The minimum absolute atomic E-state index is 0.124. The molecule has 98 valence electrons. The summed E-state index contributed by atoms with van der Waals surface area (Å²) < 4.78 is 0. The van der Waals surface area contributed by atoms with Gasteiger partial charge in [-0.25, -0.2) is 0 Å². The van der Waals surface area contributed by atoms with E-state index >= 15 is 0 Å². The molecule has 1 fully saturated rings. The molecule has 0 heterocycles. The fourth-order valence-corrected chi connectivity index (χ4v) is 3.16. The quantitative estimate of drug-likeness (QED) is 0.779. The van der Waals surface area contributed by atoms with Gasteiger partial charge in [0.1, 0.15) is 0 Å². The standard InChI is InChI=1S/C12H22N2OS2/c1-14(8-9-17-2)11(15)12(10(13)16)6-4-3-5-7-12/h3-9H2,1-2H3,(H2,13,16). The molecule has 0 spiro atoms. The van der Waals surface area contributed by atoms with Crippen LogP contribution in [0.3, 0.4) is 0 Å². The Balaban J connectivity index is 2.76. The number of hydrogen-bond donors (Lipinski definition) is 1. The van der Waals surface area contributed by atoms with Crippen molar-refractivity contribution in [3.05, 3.63) is 0 Å². The third kappa shape index (κ3) is 3.35. The predicted molar refractivity (Wildman–Crippen MR) is 78.3 cm³/mol. The second-order valence-corrected chi connectivity index (χ2v) is 6.15. The highest BCUT2D eigenvalue weighted by Gasteiger charge is 2.43. The Morgan fingerprint density at radius 1 is 1.41 bits per heavy atom. The van der Waals surface area contributed by atoms with Crippen molar-refractivity contribution in [1.82, 2.24) is 4.90 Å². The fourth-order valence-electron chi connectivity index (χ4n) is 2.42. The number of carbonyl (C=O) groups excluding carboxylic acids is 1. The normalized spacial score (nSPS) is 18.7. The molecule has 17 heavy (non-hydrogen) atoms. The largest absolute Gasteiger partial charge is 0.392 e. The first-order valence-electron chi connectivity index (χ1n) is 6.09. The number of thioether (sulfide) groups is 1. The predicted octanol–water partition coefficient (Wildman–Crippen LogP) is 2.04. The van der Waals surface area contributed by atoms with Crippen LogP contribution in [0.5, 0.6) is 0 Å². The van der Waals surface area contributed by atoms with E-state index in [1.54, 1.807) is 16.7 Å². The lowest BCUT2D eigenvalue weighted by molar-refractivity contribution is -0.138. The summed E-state index contributed by atoms with van der Waals surface area (Å²) in [5.74, 6) is 1.08. The van der Waals surface area contributed by atoms with Gasteiger partial charge < -0.3 is 10.6 Å². The lowest BCUT2D eigenvalue weighted by atomic mass is 9.73. The lowest BCUT2D eigenvalue weighted by Crippen LogP contribution is -2.51. The molecule has 5 heteroatoms. The van der Waals surface area contributed by atoms with Crippen molar-refractivity contribution in [2.45, 2.75) is 32.1 Å². The Labute approximate surface area is 113 Å². The van der Waals surface area contributed by atoms with Gasteiger partial charge in [-0.3, -0.25) is 4.79 Å². The first-order chi connectivity index (χ1) is 8.04. The number of nitrogens with zero attached hydrogens (tertiary/aromatic N) is 1. The van der Waals surface area contributed by atoms with E-state index in [0.717, 1.165) is 38.0 Å². The van der Waals surface area contributed by atoms with Crippen LogP contribution < -0.4 is 5.73 Å². The summed E-state index contributed by atoms with van der Waals surface area (Å²) in [5, 5.41) is 0. The summed E-state index contributed by atoms with van der Waals surface area (Å²) in [6, 6.07) is 0. The second-order valence-electron chi connectivity index (χ2n) is 4.73. The van der Waals surface area contributed by atoms with Gasteiger partial charge in [0.05, 0.1) is 10.4 Å². The van der Waals surface area contributed by atoms with Gasteiger partial charge in [0.2, 0.25) is 5.91 Å². The highest BCUT2D eigenvalue weighted by Crippen LogP contribution is 2.38. The van der Waals surface area contributed by atoms with Crippen LogP contribution in [0, 0.1) is 5.41 Å². The molecular formula is C12H22N2OS2. The van der Waals surface area contributed by atoms with E-state index in [9.17, 15) is 4.79 Å². The van der Waals surface area contributed by atoms with E-state index in [2.05, 4.69) is 0 Å². The van der Waals surface area contributed by atoms with E-state index < -0.39 is 5.41 Å². The van der Waals surface area contributed by atoms with Gasteiger partial charge in [0.15, 0.2) is 0 Å². The van der Waals surface area contributed by atoms with Crippen LogP contribution in [0.2, 0.25) is 0 Å². The molecule has 1 amide bonds. The first kappa shape index (κ1) is 14.8. The van der Waals surface area contributed by atoms with Crippen molar-refractivity contribution in [2.75, 3.05) is 25.6 Å². The molecule has 2 N–H and O–H groups in total. The van der Waals surface area contributed by atoms with E-state index in [0.29, 0.717) is 4.99 Å². The molecule has 0 aliphatic heterocycles. The van der Waals surface area contributed by atoms with Gasteiger partial charge in [0.25, 0.3) is 0 Å². The molecule has 0 aromatic carbocycles. The van der Waals surface area contributed by atoms with E-state index in [4.69, 9.17) is 18.0 Å². The highest BCUT2D eigenvalue weighted by atomic mass is 32.2. The van der Waals surface area contributed by atoms with Crippen LogP contribution in [0.15, 0.2) is 0 Å². The molecule has 1 saturated carbocycles. The number of amides is 1. The Bertz CT molecular complexity index is 288. The average molecular weight is 274 g/mol. The van der Waals surface area contributed by atoms with Crippen LogP contribution in [-0.4, -0.2) is 41.4 Å². The topological polar surface area (TPSA) is 46.3 Å². The number of rotatable bonds is 5. The Morgan fingerprint density at radius 3 is 2.47 bits per heavy atom. The highest BCUT2D eigenvalue weighted by molar-refractivity contribution is 7.98. The Kier molecular flexibility index (Phi) is 5.73. The molecule has 1 aliphatic rings. The van der Waals surface area contributed by atoms with Crippen molar-refractivity contribution in [3.63, 3.8) is 0 Å². The zero-order valence-electron chi connectivity index (χ0n) is 10.7. The third-order valence-electron chi connectivity index (χ3n) is 3.57. The molecular weight excluding hydrogens is 252 g/mol. The van der Waals surface area contributed by atoms with Crippen LogP contribution in [0.4, 0.5) is 0 Å². The molecule has 0 aromatic rings. The average Bonchev–Trinajstić information content (AvgIpc) is 2.35.